The average Bonchev–Trinajstić information content (AvgIpc) is 2.36. The quantitative estimate of drug-likeness (QED) is 0.685. The third-order valence-electron chi connectivity index (χ3n) is 3.74. The largest absolute Gasteiger partial charge is 0.314 e. The lowest BCUT2D eigenvalue weighted by atomic mass is 9.73. The summed E-state index contributed by atoms with van der Waals surface area (Å²) in [4.78, 5) is 0. The number of hydrogen-bond acceptors (Lipinski definition) is 1. The van der Waals surface area contributed by atoms with Crippen molar-refractivity contribution in [2.24, 2.45) is 0 Å². The first-order valence-electron chi connectivity index (χ1n) is 7.53. The number of benzene rings is 1. The molecule has 0 aliphatic heterocycles. The van der Waals surface area contributed by atoms with Gasteiger partial charge >= 0.3 is 0 Å². The second kappa shape index (κ2) is 8.06. The molecule has 1 nitrogen and oxygen atoms in total. The van der Waals surface area contributed by atoms with Crippen LogP contribution in [0.1, 0.15) is 58.9 Å². The lowest BCUT2D eigenvalue weighted by Crippen LogP contribution is -2.41. The van der Waals surface area contributed by atoms with E-state index in [1.54, 1.807) is 0 Å². The Labute approximate surface area is 127 Å². The molecule has 1 rings (SSSR count). The van der Waals surface area contributed by atoms with Crippen molar-refractivity contribution in [1.29, 1.82) is 0 Å². The minimum absolute atomic E-state index is 0.275. The molecule has 1 aromatic carbocycles. The van der Waals surface area contributed by atoms with E-state index in [0.29, 0.717) is 6.04 Å². The minimum Gasteiger partial charge on any atom is -0.314 e. The zero-order valence-electron chi connectivity index (χ0n) is 12.8. The SMILES string of the molecule is CCCC(CCC)(CNC(C)C)c1cccc(Br)c1. The predicted molar refractivity (Wildman–Crippen MR) is 88.8 cm³/mol. The molecule has 0 saturated carbocycles. The van der Waals surface area contributed by atoms with Crippen molar-refractivity contribution in [2.75, 3.05) is 6.54 Å². The molecule has 1 aromatic rings. The Balaban J connectivity index is 3.06. The van der Waals surface area contributed by atoms with Crippen LogP contribution < -0.4 is 5.32 Å². The highest BCUT2D eigenvalue weighted by Crippen LogP contribution is 2.35. The smallest absolute Gasteiger partial charge is 0.0178 e. The Morgan fingerprint density at radius 1 is 1.16 bits per heavy atom. The fourth-order valence-corrected chi connectivity index (χ4v) is 3.27. The van der Waals surface area contributed by atoms with Crippen LogP contribution in [0, 0.1) is 0 Å². The summed E-state index contributed by atoms with van der Waals surface area (Å²) in [6.45, 7) is 10.1. The summed E-state index contributed by atoms with van der Waals surface area (Å²) in [7, 11) is 0. The van der Waals surface area contributed by atoms with Gasteiger partial charge in [-0.15, -0.1) is 0 Å². The van der Waals surface area contributed by atoms with Gasteiger partial charge in [0.2, 0.25) is 0 Å². The van der Waals surface area contributed by atoms with Gasteiger partial charge in [0.25, 0.3) is 0 Å². The van der Waals surface area contributed by atoms with Crippen molar-refractivity contribution in [3.63, 3.8) is 0 Å². The Bertz CT molecular complexity index is 367. The highest BCUT2D eigenvalue weighted by Gasteiger charge is 2.30. The molecule has 0 unspecified atom stereocenters. The van der Waals surface area contributed by atoms with E-state index < -0.39 is 0 Å². The lowest BCUT2D eigenvalue weighted by Gasteiger charge is -2.35. The maximum atomic E-state index is 3.66. The molecule has 0 fully saturated rings. The van der Waals surface area contributed by atoms with Crippen LogP contribution in [0.5, 0.6) is 0 Å². The van der Waals surface area contributed by atoms with Crippen molar-refractivity contribution in [2.45, 2.75) is 64.8 Å². The molecule has 0 heterocycles. The molecule has 2 heteroatoms. The zero-order chi connectivity index (χ0) is 14.3. The van der Waals surface area contributed by atoms with Crippen LogP contribution >= 0.6 is 15.9 Å². The van der Waals surface area contributed by atoms with Crippen LogP contribution in [0.15, 0.2) is 28.7 Å². The number of rotatable bonds is 8. The predicted octanol–water partition coefficient (Wildman–Crippen LogP) is 5.29. The Morgan fingerprint density at radius 2 is 1.79 bits per heavy atom. The van der Waals surface area contributed by atoms with Gasteiger partial charge in [0.15, 0.2) is 0 Å². The van der Waals surface area contributed by atoms with Crippen LogP contribution in [-0.4, -0.2) is 12.6 Å². The second-order valence-corrected chi connectivity index (χ2v) is 6.74. The molecule has 0 aliphatic rings. The Morgan fingerprint density at radius 3 is 2.26 bits per heavy atom. The van der Waals surface area contributed by atoms with Crippen molar-refractivity contribution in [3.8, 4) is 0 Å². The van der Waals surface area contributed by atoms with E-state index in [1.165, 1.54) is 35.7 Å². The molecular formula is C17H28BrN. The van der Waals surface area contributed by atoms with Gasteiger partial charge in [-0.25, -0.2) is 0 Å². The van der Waals surface area contributed by atoms with Crippen LogP contribution in [0.25, 0.3) is 0 Å². The molecule has 108 valence electrons. The molecule has 0 spiro atoms. The monoisotopic (exact) mass is 325 g/mol. The van der Waals surface area contributed by atoms with Gasteiger partial charge in [-0.1, -0.05) is 68.6 Å². The van der Waals surface area contributed by atoms with Gasteiger partial charge in [-0.3, -0.25) is 0 Å². The first-order valence-corrected chi connectivity index (χ1v) is 8.33. The van der Waals surface area contributed by atoms with Crippen LogP contribution in [0.4, 0.5) is 0 Å². The summed E-state index contributed by atoms with van der Waals surface area (Å²) in [5.41, 5.74) is 1.75. The third kappa shape index (κ3) is 4.92. The lowest BCUT2D eigenvalue weighted by molar-refractivity contribution is 0.324. The standard InChI is InChI=1S/C17H28BrN/c1-5-10-17(11-6-2,13-19-14(3)4)15-8-7-9-16(18)12-15/h7-9,12,14,19H,5-6,10-11,13H2,1-4H3. The molecule has 0 radical (unpaired) electrons. The van der Waals surface area contributed by atoms with Crippen LogP contribution in [0.3, 0.4) is 0 Å². The summed E-state index contributed by atoms with van der Waals surface area (Å²) < 4.78 is 1.19. The van der Waals surface area contributed by atoms with Crippen molar-refractivity contribution in [3.05, 3.63) is 34.3 Å². The van der Waals surface area contributed by atoms with Gasteiger partial charge in [0.05, 0.1) is 0 Å². The normalized spacial score (nSPS) is 12.1. The van der Waals surface area contributed by atoms with Crippen molar-refractivity contribution >= 4 is 15.9 Å². The topological polar surface area (TPSA) is 12.0 Å². The van der Waals surface area contributed by atoms with Crippen molar-refractivity contribution in [1.82, 2.24) is 5.32 Å². The Hall–Kier alpha value is -0.340. The maximum Gasteiger partial charge on any atom is 0.0178 e. The highest BCUT2D eigenvalue weighted by molar-refractivity contribution is 9.10. The fraction of sp³-hybridized carbons (Fsp3) is 0.647. The molecule has 0 atom stereocenters. The molecule has 0 aromatic heterocycles. The summed E-state index contributed by atoms with van der Waals surface area (Å²) in [6, 6.07) is 9.41. The van der Waals surface area contributed by atoms with E-state index in [2.05, 4.69) is 73.2 Å². The molecule has 0 bridgehead atoms. The van der Waals surface area contributed by atoms with E-state index in [4.69, 9.17) is 0 Å². The van der Waals surface area contributed by atoms with Crippen molar-refractivity contribution < 1.29 is 0 Å². The first-order chi connectivity index (χ1) is 9.04. The van der Waals surface area contributed by atoms with Crippen LogP contribution in [-0.2, 0) is 5.41 Å². The van der Waals surface area contributed by atoms with E-state index in [0.717, 1.165) is 6.54 Å². The molecule has 19 heavy (non-hydrogen) atoms. The van der Waals surface area contributed by atoms with E-state index in [1.807, 2.05) is 0 Å². The molecule has 0 amide bonds. The maximum absolute atomic E-state index is 3.66. The summed E-state index contributed by atoms with van der Waals surface area (Å²) in [5, 5.41) is 3.66. The van der Waals surface area contributed by atoms with Gasteiger partial charge in [-0.2, -0.15) is 0 Å². The Kier molecular flexibility index (Phi) is 7.09. The third-order valence-corrected chi connectivity index (χ3v) is 4.24. The first kappa shape index (κ1) is 16.7. The molecule has 0 aliphatic carbocycles. The fourth-order valence-electron chi connectivity index (χ4n) is 2.87. The minimum atomic E-state index is 0.275. The number of nitrogens with one attached hydrogen (secondary N) is 1. The molecule has 0 saturated heterocycles. The van der Waals surface area contributed by atoms with Gasteiger partial charge in [0, 0.05) is 22.5 Å². The van der Waals surface area contributed by atoms with Gasteiger partial charge < -0.3 is 5.32 Å². The highest BCUT2D eigenvalue weighted by atomic mass is 79.9. The van der Waals surface area contributed by atoms with Gasteiger partial charge in [-0.05, 0) is 30.5 Å². The van der Waals surface area contributed by atoms with E-state index in [9.17, 15) is 0 Å². The number of hydrogen-bond donors (Lipinski definition) is 1. The summed E-state index contributed by atoms with van der Waals surface area (Å²) >= 11 is 3.62. The zero-order valence-corrected chi connectivity index (χ0v) is 14.4. The van der Waals surface area contributed by atoms with Gasteiger partial charge in [0.1, 0.15) is 0 Å². The number of halogens is 1. The summed E-state index contributed by atoms with van der Waals surface area (Å²) in [5.74, 6) is 0. The van der Waals surface area contributed by atoms with E-state index in [-0.39, 0.29) is 5.41 Å². The molecule has 1 N–H and O–H groups in total. The van der Waals surface area contributed by atoms with E-state index >= 15 is 0 Å². The van der Waals surface area contributed by atoms with Crippen LogP contribution in [0.2, 0.25) is 0 Å². The molecular weight excluding hydrogens is 298 g/mol. The summed E-state index contributed by atoms with van der Waals surface area (Å²) in [6.07, 6.45) is 4.95. The second-order valence-electron chi connectivity index (χ2n) is 5.83. The average molecular weight is 326 g/mol.